The summed E-state index contributed by atoms with van der Waals surface area (Å²) >= 11 is 0. The van der Waals surface area contributed by atoms with Gasteiger partial charge in [-0.25, -0.2) is 4.79 Å². The van der Waals surface area contributed by atoms with Crippen molar-refractivity contribution in [2.45, 2.75) is 38.3 Å². The molecule has 0 radical (unpaired) electrons. The lowest BCUT2D eigenvalue weighted by Gasteiger charge is -2.33. The minimum Gasteiger partial charge on any atom is -0.445 e. The van der Waals surface area contributed by atoms with Crippen molar-refractivity contribution in [3.63, 3.8) is 0 Å². The molecule has 0 aliphatic carbocycles. The van der Waals surface area contributed by atoms with Crippen molar-refractivity contribution in [3.05, 3.63) is 35.9 Å². The number of hydrogen-bond donors (Lipinski definition) is 0. The zero-order valence-corrected chi connectivity index (χ0v) is 11.0. The van der Waals surface area contributed by atoms with Gasteiger partial charge in [0, 0.05) is 19.0 Å². The monoisotopic (exact) mass is 261 g/mol. The topological polar surface area (TPSA) is 46.6 Å². The molecule has 102 valence electrons. The molecule has 0 aromatic heterocycles. The molecule has 1 atom stereocenters. The van der Waals surface area contributed by atoms with Crippen LogP contribution in [0.3, 0.4) is 0 Å². The van der Waals surface area contributed by atoms with Gasteiger partial charge in [0.2, 0.25) is 0 Å². The maximum atomic E-state index is 12.0. The van der Waals surface area contributed by atoms with E-state index in [-0.39, 0.29) is 18.7 Å². The van der Waals surface area contributed by atoms with Crippen LogP contribution in [0.25, 0.3) is 0 Å². The zero-order valence-electron chi connectivity index (χ0n) is 11.0. The summed E-state index contributed by atoms with van der Waals surface area (Å²) in [5, 5.41) is 0. The third-order valence-electron chi connectivity index (χ3n) is 3.44. The summed E-state index contributed by atoms with van der Waals surface area (Å²) in [6, 6.07) is 9.61. The van der Waals surface area contributed by atoms with Crippen molar-refractivity contribution in [2.75, 3.05) is 6.54 Å². The van der Waals surface area contributed by atoms with E-state index in [0.29, 0.717) is 13.0 Å². The molecule has 1 aliphatic rings. The summed E-state index contributed by atoms with van der Waals surface area (Å²) in [6.07, 6.45) is 3.92. The van der Waals surface area contributed by atoms with Crippen LogP contribution in [0.4, 0.5) is 4.79 Å². The summed E-state index contributed by atoms with van der Waals surface area (Å²) in [7, 11) is 0. The maximum Gasteiger partial charge on any atom is 0.410 e. The Morgan fingerprint density at radius 1 is 1.32 bits per heavy atom. The van der Waals surface area contributed by atoms with Gasteiger partial charge in [-0.3, -0.25) is 0 Å². The van der Waals surface area contributed by atoms with Gasteiger partial charge < -0.3 is 14.4 Å². The third kappa shape index (κ3) is 3.81. The van der Waals surface area contributed by atoms with E-state index in [1.165, 1.54) is 0 Å². The molecule has 0 spiro atoms. The molecule has 1 heterocycles. The zero-order chi connectivity index (χ0) is 13.5. The Labute approximate surface area is 113 Å². The second-order valence-electron chi connectivity index (χ2n) is 4.79. The number of ether oxygens (including phenoxy) is 1. The summed E-state index contributed by atoms with van der Waals surface area (Å²) in [6.45, 7) is 0.968. The molecule has 2 rings (SSSR count). The largest absolute Gasteiger partial charge is 0.445 e. The van der Waals surface area contributed by atoms with E-state index in [0.717, 1.165) is 31.1 Å². The van der Waals surface area contributed by atoms with Gasteiger partial charge in [0.25, 0.3) is 0 Å². The number of carbonyl (C=O) groups excluding carboxylic acids is 2. The Hall–Kier alpha value is -1.84. The molecule has 0 N–H and O–H groups in total. The standard InChI is InChI=1S/C15H19NO3/c17-11-9-14-8-4-5-10-16(14)15(18)19-12-13-6-2-1-3-7-13/h1-3,6-7,11,14H,4-5,8-10,12H2/t14-/m1/s1. The molecular weight excluding hydrogens is 242 g/mol. The first-order valence-corrected chi connectivity index (χ1v) is 6.72. The fourth-order valence-electron chi connectivity index (χ4n) is 2.40. The first-order valence-electron chi connectivity index (χ1n) is 6.72. The molecule has 1 amide bonds. The number of rotatable bonds is 4. The minimum absolute atomic E-state index is 0.00882. The van der Waals surface area contributed by atoms with Gasteiger partial charge in [0.15, 0.2) is 0 Å². The van der Waals surface area contributed by atoms with Crippen molar-refractivity contribution in [1.29, 1.82) is 0 Å². The Kier molecular flexibility index (Phi) is 4.95. The number of aldehydes is 1. The summed E-state index contributed by atoms with van der Waals surface area (Å²) in [5.74, 6) is 0. The van der Waals surface area contributed by atoms with Gasteiger partial charge in [-0.2, -0.15) is 0 Å². The average Bonchev–Trinajstić information content (AvgIpc) is 2.47. The molecule has 0 saturated carbocycles. The van der Waals surface area contributed by atoms with Gasteiger partial charge in [-0.05, 0) is 24.8 Å². The molecule has 4 nitrogen and oxygen atoms in total. The quantitative estimate of drug-likeness (QED) is 0.783. The number of carbonyl (C=O) groups is 2. The van der Waals surface area contributed by atoms with Crippen molar-refractivity contribution in [2.24, 2.45) is 0 Å². The van der Waals surface area contributed by atoms with Crippen LogP contribution in [-0.2, 0) is 16.1 Å². The number of likely N-dealkylation sites (tertiary alicyclic amines) is 1. The summed E-state index contributed by atoms with van der Waals surface area (Å²) in [5.41, 5.74) is 0.972. The molecule has 0 unspecified atom stereocenters. The normalized spacial score (nSPS) is 18.9. The van der Waals surface area contributed by atoms with Gasteiger partial charge in [0.05, 0.1) is 0 Å². The number of benzene rings is 1. The van der Waals surface area contributed by atoms with Crippen molar-refractivity contribution < 1.29 is 14.3 Å². The van der Waals surface area contributed by atoms with Crippen LogP contribution in [0.15, 0.2) is 30.3 Å². The van der Waals surface area contributed by atoms with E-state index < -0.39 is 0 Å². The third-order valence-corrected chi connectivity index (χ3v) is 3.44. The fourth-order valence-corrected chi connectivity index (χ4v) is 2.40. The van der Waals surface area contributed by atoms with E-state index in [1.54, 1.807) is 4.90 Å². The lowest BCUT2D eigenvalue weighted by Crippen LogP contribution is -2.44. The van der Waals surface area contributed by atoms with Crippen molar-refractivity contribution in [1.82, 2.24) is 4.90 Å². The molecule has 1 fully saturated rings. The minimum atomic E-state index is -0.310. The highest BCUT2D eigenvalue weighted by atomic mass is 16.6. The Morgan fingerprint density at radius 3 is 2.84 bits per heavy atom. The van der Waals surface area contributed by atoms with Gasteiger partial charge in [-0.1, -0.05) is 30.3 Å². The van der Waals surface area contributed by atoms with Crippen LogP contribution >= 0.6 is 0 Å². The van der Waals surface area contributed by atoms with Crippen LogP contribution in [0.1, 0.15) is 31.2 Å². The van der Waals surface area contributed by atoms with Crippen LogP contribution < -0.4 is 0 Å². The molecule has 1 aliphatic heterocycles. The average molecular weight is 261 g/mol. The van der Waals surface area contributed by atoms with E-state index in [9.17, 15) is 9.59 Å². The van der Waals surface area contributed by atoms with Gasteiger partial charge in [0.1, 0.15) is 12.9 Å². The van der Waals surface area contributed by atoms with Gasteiger partial charge in [-0.15, -0.1) is 0 Å². The lowest BCUT2D eigenvalue weighted by molar-refractivity contribution is -0.109. The first kappa shape index (κ1) is 13.6. The predicted octanol–water partition coefficient (Wildman–Crippen LogP) is 2.77. The van der Waals surface area contributed by atoms with Crippen molar-refractivity contribution >= 4 is 12.4 Å². The van der Waals surface area contributed by atoms with E-state index in [1.807, 2.05) is 30.3 Å². The van der Waals surface area contributed by atoms with Crippen LogP contribution in [-0.4, -0.2) is 29.9 Å². The summed E-state index contributed by atoms with van der Waals surface area (Å²) < 4.78 is 5.32. The molecule has 1 saturated heterocycles. The van der Waals surface area contributed by atoms with Crippen LogP contribution in [0.2, 0.25) is 0 Å². The van der Waals surface area contributed by atoms with Crippen LogP contribution in [0, 0.1) is 0 Å². The fraction of sp³-hybridized carbons (Fsp3) is 0.467. The maximum absolute atomic E-state index is 12.0. The number of amides is 1. The number of nitrogens with zero attached hydrogens (tertiary/aromatic N) is 1. The van der Waals surface area contributed by atoms with E-state index >= 15 is 0 Å². The summed E-state index contributed by atoms with van der Waals surface area (Å²) in [4.78, 5) is 24.4. The molecule has 4 heteroatoms. The Balaban J connectivity index is 1.89. The molecule has 0 bridgehead atoms. The number of hydrogen-bond acceptors (Lipinski definition) is 3. The first-order chi connectivity index (χ1) is 9.31. The van der Waals surface area contributed by atoms with E-state index in [4.69, 9.17) is 4.74 Å². The molecular formula is C15H19NO3. The highest BCUT2D eigenvalue weighted by Gasteiger charge is 2.27. The Bertz CT molecular complexity index is 419. The highest BCUT2D eigenvalue weighted by Crippen LogP contribution is 2.20. The van der Waals surface area contributed by atoms with Crippen LogP contribution in [0.5, 0.6) is 0 Å². The van der Waals surface area contributed by atoms with Gasteiger partial charge >= 0.3 is 6.09 Å². The second kappa shape index (κ2) is 6.92. The Morgan fingerprint density at radius 2 is 2.11 bits per heavy atom. The lowest BCUT2D eigenvalue weighted by atomic mass is 10.0. The molecule has 19 heavy (non-hydrogen) atoms. The van der Waals surface area contributed by atoms with Crippen molar-refractivity contribution in [3.8, 4) is 0 Å². The second-order valence-corrected chi connectivity index (χ2v) is 4.79. The predicted molar refractivity (Wildman–Crippen MR) is 71.7 cm³/mol. The van der Waals surface area contributed by atoms with E-state index in [2.05, 4.69) is 0 Å². The number of piperidine rings is 1. The highest BCUT2D eigenvalue weighted by molar-refractivity contribution is 5.69. The molecule has 1 aromatic rings. The SMILES string of the molecule is O=CC[C@H]1CCCCN1C(=O)OCc1ccccc1. The smallest absolute Gasteiger partial charge is 0.410 e. The molecule has 1 aromatic carbocycles.